The van der Waals surface area contributed by atoms with E-state index in [1.54, 1.807) is 0 Å². The standard InChI is InChI=1S/C18H18N4O6/c23-13-5-1-11(2-6-13)9-19-21-17(27)15(25)16(26)18(28)22-20-10-12-3-7-14(24)8-4-12/h1-10,15-16,23-26H,(H,21,27)(H,22,28)/b19-9+,20-10+/t15-,16+. The molecule has 0 aliphatic heterocycles. The molecule has 0 radical (unpaired) electrons. The number of hydrazone groups is 2. The van der Waals surface area contributed by atoms with Crippen molar-refractivity contribution in [1.82, 2.24) is 10.9 Å². The predicted molar refractivity (Wildman–Crippen MR) is 99.7 cm³/mol. The molecule has 2 rings (SSSR count). The molecule has 0 saturated carbocycles. The molecule has 0 aromatic heterocycles. The van der Waals surface area contributed by atoms with E-state index in [1.165, 1.54) is 61.0 Å². The normalized spacial score (nSPS) is 13.4. The van der Waals surface area contributed by atoms with Gasteiger partial charge in [0.2, 0.25) is 0 Å². The van der Waals surface area contributed by atoms with Gasteiger partial charge in [-0.25, -0.2) is 10.9 Å². The Morgan fingerprint density at radius 1 is 0.714 bits per heavy atom. The molecule has 10 nitrogen and oxygen atoms in total. The molecule has 28 heavy (non-hydrogen) atoms. The van der Waals surface area contributed by atoms with Crippen LogP contribution >= 0.6 is 0 Å². The average molecular weight is 386 g/mol. The lowest BCUT2D eigenvalue weighted by Crippen LogP contribution is -2.47. The fourth-order valence-corrected chi connectivity index (χ4v) is 1.88. The minimum absolute atomic E-state index is 0.0683. The summed E-state index contributed by atoms with van der Waals surface area (Å²) >= 11 is 0. The minimum atomic E-state index is -2.07. The SMILES string of the molecule is O=C(N/N=C/c1ccc(O)cc1)[C@@H](O)[C@@H](O)C(=O)N/N=C/c1ccc(O)cc1. The smallest absolute Gasteiger partial charge is 0.272 e. The van der Waals surface area contributed by atoms with Crippen molar-refractivity contribution in [2.75, 3.05) is 0 Å². The quantitative estimate of drug-likeness (QED) is 0.275. The number of phenols is 2. The summed E-state index contributed by atoms with van der Waals surface area (Å²) in [6.45, 7) is 0. The zero-order valence-corrected chi connectivity index (χ0v) is 14.4. The van der Waals surface area contributed by atoms with Crippen molar-refractivity contribution in [1.29, 1.82) is 0 Å². The molecule has 0 heterocycles. The van der Waals surface area contributed by atoms with Gasteiger partial charge in [0.1, 0.15) is 11.5 Å². The topological polar surface area (TPSA) is 164 Å². The summed E-state index contributed by atoms with van der Waals surface area (Å²) in [7, 11) is 0. The van der Waals surface area contributed by atoms with E-state index in [2.05, 4.69) is 10.2 Å². The Morgan fingerprint density at radius 3 is 1.36 bits per heavy atom. The summed E-state index contributed by atoms with van der Waals surface area (Å²) in [5.41, 5.74) is 5.10. The van der Waals surface area contributed by atoms with Crippen molar-refractivity contribution in [2.45, 2.75) is 12.2 Å². The van der Waals surface area contributed by atoms with Gasteiger partial charge in [-0.1, -0.05) is 0 Å². The van der Waals surface area contributed by atoms with Crippen molar-refractivity contribution in [3.8, 4) is 11.5 Å². The van der Waals surface area contributed by atoms with Crippen LogP contribution in [-0.2, 0) is 9.59 Å². The number of benzene rings is 2. The van der Waals surface area contributed by atoms with E-state index in [1.807, 2.05) is 10.9 Å². The largest absolute Gasteiger partial charge is 0.508 e. The van der Waals surface area contributed by atoms with Crippen LogP contribution in [0.25, 0.3) is 0 Å². The van der Waals surface area contributed by atoms with Gasteiger partial charge < -0.3 is 20.4 Å². The van der Waals surface area contributed by atoms with Gasteiger partial charge in [-0.15, -0.1) is 0 Å². The Morgan fingerprint density at radius 2 is 1.04 bits per heavy atom. The van der Waals surface area contributed by atoms with Gasteiger partial charge in [-0.3, -0.25) is 9.59 Å². The zero-order chi connectivity index (χ0) is 20.5. The van der Waals surface area contributed by atoms with Gasteiger partial charge in [-0.2, -0.15) is 10.2 Å². The maximum Gasteiger partial charge on any atom is 0.272 e. The molecular weight excluding hydrogens is 368 g/mol. The van der Waals surface area contributed by atoms with Gasteiger partial charge in [0, 0.05) is 0 Å². The molecular formula is C18H18N4O6. The molecule has 0 aliphatic rings. The first-order chi connectivity index (χ1) is 13.4. The van der Waals surface area contributed by atoms with Gasteiger partial charge in [-0.05, 0) is 59.7 Å². The number of carbonyl (C=O) groups is 2. The van der Waals surface area contributed by atoms with Crippen molar-refractivity contribution in [3.63, 3.8) is 0 Å². The van der Waals surface area contributed by atoms with Crippen LogP contribution in [0.4, 0.5) is 0 Å². The van der Waals surface area contributed by atoms with E-state index in [-0.39, 0.29) is 11.5 Å². The van der Waals surface area contributed by atoms with Crippen LogP contribution in [0.3, 0.4) is 0 Å². The molecule has 0 bridgehead atoms. The van der Waals surface area contributed by atoms with E-state index in [9.17, 15) is 19.8 Å². The van der Waals surface area contributed by atoms with Gasteiger partial charge in [0.15, 0.2) is 12.2 Å². The summed E-state index contributed by atoms with van der Waals surface area (Å²) in [6.07, 6.45) is -1.64. The second-order valence-electron chi connectivity index (χ2n) is 5.54. The maximum absolute atomic E-state index is 11.7. The lowest BCUT2D eigenvalue weighted by Gasteiger charge is -2.14. The number of aromatic hydroxyl groups is 2. The molecule has 0 fully saturated rings. The Balaban J connectivity index is 1.83. The molecule has 0 spiro atoms. The van der Waals surface area contributed by atoms with E-state index >= 15 is 0 Å². The van der Waals surface area contributed by atoms with Crippen molar-refractivity contribution in [3.05, 3.63) is 59.7 Å². The Labute approximate surface area is 159 Å². The molecule has 2 aromatic carbocycles. The number of nitrogens with one attached hydrogen (secondary N) is 2. The van der Waals surface area contributed by atoms with Crippen LogP contribution in [-0.4, -0.2) is 56.9 Å². The molecule has 2 amide bonds. The fraction of sp³-hybridized carbons (Fsp3) is 0.111. The first-order valence-corrected chi connectivity index (χ1v) is 7.97. The predicted octanol–water partition coefficient (Wildman–Crippen LogP) is -0.580. The Kier molecular flexibility index (Phi) is 7.20. The Hall–Kier alpha value is -3.76. The molecule has 10 heteroatoms. The van der Waals surface area contributed by atoms with Crippen LogP contribution in [0, 0.1) is 0 Å². The molecule has 2 aromatic rings. The van der Waals surface area contributed by atoms with Crippen LogP contribution in [0.5, 0.6) is 11.5 Å². The fourth-order valence-electron chi connectivity index (χ4n) is 1.88. The second-order valence-corrected chi connectivity index (χ2v) is 5.54. The first kappa shape index (κ1) is 20.6. The number of hydrogen-bond acceptors (Lipinski definition) is 8. The molecule has 146 valence electrons. The van der Waals surface area contributed by atoms with Crippen LogP contribution < -0.4 is 10.9 Å². The minimum Gasteiger partial charge on any atom is -0.508 e. The van der Waals surface area contributed by atoms with E-state index < -0.39 is 24.0 Å². The van der Waals surface area contributed by atoms with E-state index in [0.29, 0.717) is 11.1 Å². The summed E-state index contributed by atoms with van der Waals surface area (Å²) in [6, 6.07) is 11.8. The number of nitrogens with zero attached hydrogens (tertiary/aromatic N) is 2. The van der Waals surface area contributed by atoms with Crippen molar-refractivity contribution >= 4 is 24.2 Å². The first-order valence-electron chi connectivity index (χ1n) is 7.97. The summed E-state index contributed by atoms with van der Waals surface area (Å²) in [5.74, 6) is -2.06. The number of amides is 2. The monoisotopic (exact) mass is 386 g/mol. The summed E-state index contributed by atoms with van der Waals surface area (Å²) < 4.78 is 0. The zero-order valence-electron chi connectivity index (χ0n) is 14.4. The highest BCUT2D eigenvalue weighted by molar-refractivity contribution is 5.91. The Bertz CT molecular complexity index is 791. The third-order valence-corrected chi connectivity index (χ3v) is 3.40. The third-order valence-electron chi connectivity index (χ3n) is 3.40. The lowest BCUT2D eigenvalue weighted by atomic mass is 10.2. The molecule has 6 N–H and O–H groups in total. The van der Waals surface area contributed by atoms with E-state index in [0.717, 1.165) is 0 Å². The van der Waals surface area contributed by atoms with Crippen LogP contribution in [0.2, 0.25) is 0 Å². The summed E-state index contributed by atoms with van der Waals surface area (Å²) in [4.78, 5) is 23.5. The van der Waals surface area contributed by atoms with E-state index in [4.69, 9.17) is 10.2 Å². The van der Waals surface area contributed by atoms with Crippen molar-refractivity contribution < 1.29 is 30.0 Å². The maximum atomic E-state index is 11.7. The van der Waals surface area contributed by atoms with Crippen molar-refractivity contribution in [2.24, 2.45) is 10.2 Å². The number of carbonyl (C=O) groups excluding carboxylic acids is 2. The second kappa shape index (κ2) is 9.80. The molecule has 0 unspecified atom stereocenters. The molecule has 2 atom stereocenters. The van der Waals surface area contributed by atoms with Gasteiger partial charge in [0.05, 0.1) is 12.4 Å². The highest BCUT2D eigenvalue weighted by atomic mass is 16.3. The highest BCUT2D eigenvalue weighted by Gasteiger charge is 2.30. The molecule has 0 aliphatic carbocycles. The van der Waals surface area contributed by atoms with Gasteiger partial charge in [0.25, 0.3) is 11.8 Å². The molecule has 0 saturated heterocycles. The number of rotatable bonds is 7. The number of aliphatic hydroxyl groups is 2. The number of phenolic OH excluding ortho intramolecular Hbond substituents is 2. The van der Waals surface area contributed by atoms with Gasteiger partial charge >= 0.3 is 0 Å². The third kappa shape index (κ3) is 6.20. The lowest BCUT2D eigenvalue weighted by molar-refractivity contribution is -0.146. The highest BCUT2D eigenvalue weighted by Crippen LogP contribution is 2.08. The number of hydrogen-bond donors (Lipinski definition) is 6. The van der Waals surface area contributed by atoms with Crippen LogP contribution in [0.1, 0.15) is 11.1 Å². The number of aliphatic hydroxyl groups excluding tert-OH is 2. The average Bonchev–Trinajstić information content (AvgIpc) is 2.69. The summed E-state index contributed by atoms with van der Waals surface area (Å²) in [5, 5.41) is 44.9. The van der Waals surface area contributed by atoms with Crippen LogP contribution in [0.15, 0.2) is 58.7 Å².